The number of aromatic nitrogens is 1. The fourth-order valence-electron chi connectivity index (χ4n) is 2.38. The molecule has 0 saturated carbocycles. The average Bonchev–Trinajstić information content (AvgIpc) is 2.80. The van der Waals surface area contributed by atoms with Gasteiger partial charge in [-0.05, 0) is 45.4 Å². The van der Waals surface area contributed by atoms with Crippen LogP contribution >= 0.6 is 0 Å². The second kappa shape index (κ2) is 5.12. The lowest BCUT2D eigenvalue weighted by Gasteiger charge is -2.33. The molecule has 0 saturated heterocycles. The second-order valence-corrected chi connectivity index (χ2v) is 5.74. The summed E-state index contributed by atoms with van der Waals surface area (Å²) >= 11 is 0. The standard InChI is InChI=1S/C16H17N3O4/c1-8-5-6-12-11(7-8)17-14(20)16(4,22-12)15(21)18-13-9(2)19-23-10(13)3/h5-7H,1-4H3,(H,17,20)(H,18,21). The number of benzene rings is 1. The molecule has 0 aliphatic carbocycles. The number of ether oxygens (including phenoxy) is 1. The zero-order valence-corrected chi connectivity index (χ0v) is 13.3. The molecule has 2 N–H and O–H groups in total. The highest BCUT2D eigenvalue weighted by molar-refractivity contribution is 6.19. The molecule has 3 rings (SSSR count). The Morgan fingerprint density at radius 1 is 1.30 bits per heavy atom. The SMILES string of the molecule is Cc1ccc2c(c1)NC(=O)C(C)(C(=O)Nc1c(C)noc1C)O2. The summed E-state index contributed by atoms with van der Waals surface area (Å²) in [6, 6.07) is 5.37. The molecular formula is C16H17N3O4. The van der Waals surface area contributed by atoms with Crippen LogP contribution in [0.4, 0.5) is 11.4 Å². The van der Waals surface area contributed by atoms with Crippen molar-refractivity contribution >= 4 is 23.2 Å². The summed E-state index contributed by atoms with van der Waals surface area (Å²) in [5.41, 5.74) is 0.835. The number of nitrogens with one attached hydrogen (secondary N) is 2. The van der Waals surface area contributed by atoms with Crippen LogP contribution in [0.1, 0.15) is 23.9 Å². The summed E-state index contributed by atoms with van der Waals surface area (Å²) < 4.78 is 10.7. The van der Waals surface area contributed by atoms with Gasteiger partial charge in [0.2, 0.25) is 0 Å². The van der Waals surface area contributed by atoms with Gasteiger partial charge in [-0.1, -0.05) is 11.2 Å². The van der Waals surface area contributed by atoms with Gasteiger partial charge in [0.25, 0.3) is 17.4 Å². The summed E-state index contributed by atoms with van der Waals surface area (Å²) in [7, 11) is 0. The lowest BCUT2D eigenvalue weighted by molar-refractivity contribution is -0.143. The van der Waals surface area contributed by atoms with E-state index in [4.69, 9.17) is 9.26 Å². The summed E-state index contributed by atoms with van der Waals surface area (Å²) in [5.74, 6) is -0.200. The van der Waals surface area contributed by atoms with Crippen LogP contribution in [0.25, 0.3) is 0 Å². The van der Waals surface area contributed by atoms with E-state index in [1.807, 2.05) is 13.0 Å². The molecule has 1 atom stereocenters. The van der Waals surface area contributed by atoms with E-state index in [0.717, 1.165) is 5.56 Å². The molecule has 2 aromatic rings. The third-order valence-corrected chi connectivity index (χ3v) is 3.84. The molecule has 2 amide bonds. The van der Waals surface area contributed by atoms with Crippen molar-refractivity contribution in [2.24, 2.45) is 0 Å². The van der Waals surface area contributed by atoms with Crippen LogP contribution in [-0.4, -0.2) is 22.6 Å². The zero-order chi connectivity index (χ0) is 16.8. The van der Waals surface area contributed by atoms with E-state index in [0.29, 0.717) is 28.6 Å². The predicted octanol–water partition coefficient (Wildman–Crippen LogP) is 2.33. The summed E-state index contributed by atoms with van der Waals surface area (Å²) in [6.45, 7) is 6.72. The molecule has 0 spiro atoms. The maximum atomic E-state index is 12.6. The molecule has 23 heavy (non-hydrogen) atoms. The first-order chi connectivity index (χ1) is 10.8. The van der Waals surface area contributed by atoms with Crippen molar-refractivity contribution < 1.29 is 18.8 Å². The van der Waals surface area contributed by atoms with Gasteiger partial charge in [0.1, 0.15) is 17.1 Å². The quantitative estimate of drug-likeness (QED) is 0.830. The molecule has 1 aliphatic rings. The Hall–Kier alpha value is -2.83. The Morgan fingerprint density at radius 2 is 2.04 bits per heavy atom. The Labute approximate surface area is 133 Å². The van der Waals surface area contributed by atoms with Crippen LogP contribution in [0.15, 0.2) is 22.7 Å². The molecule has 2 heterocycles. The minimum atomic E-state index is -1.68. The van der Waals surface area contributed by atoms with Gasteiger partial charge in [-0.25, -0.2) is 0 Å². The minimum Gasteiger partial charge on any atom is -0.466 e. The van der Waals surface area contributed by atoms with Crippen molar-refractivity contribution in [1.29, 1.82) is 0 Å². The molecule has 0 radical (unpaired) electrons. The van der Waals surface area contributed by atoms with E-state index in [1.54, 1.807) is 26.0 Å². The van der Waals surface area contributed by atoms with Gasteiger partial charge in [-0.15, -0.1) is 0 Å². The monoisotopic (exact) mass is 315 g/mol. The molecule has 120 valence electrons. The Bertz CT molecular complexity index is 792. The van der Waals surface area contributed by atoms with Crippen LogP contribution in [-0.2, 0) is 9.59 Å². The number of nitrogens with zero attached hydrogens (tertiary/aromatic N) is 1. The minimum absolute atomic E-state index is 0.447. The van der Waals surface area contributed by atoms with E-state index in [1.165, 1.54) is 6.92 Å². The van der Waals surface area contributed by atoms with E-state index in [-0.39, 0.29) is 0 Å². The van der Waals surface area contributed by atoms with Gasteiger partial charge in [-0.3, -0.25) is 9.59 Å². The molecule has 1 aromatic carbocycles. The van der Waals surface area contributed by atoms with Gasteiger partial charge in [0.05, 0.1) is 5.69 Å². The Morgan fingerprint density at radius 3 is 2.70 bits per heavy atom. The number of hydrogen-bond acceptors (Lipinski definition) is 5. The van der Waals surface area contributed by atoms with Crippen LogP contribution in [0.5, 0.6) is 5.75 Å². The van der Waals surface area contributed by atoms with Gasteiger partial charge < -0.3 is 19.9 Å². The lowest BCUT2D eigenvalue weighted by atomic mass is 10.0. The Kier molecular flexibility index (Phi) is 3.35. The third kappa shape index (κ3) is 2.44. The molecule has 1 aromatic heterocycles. The fourth-order valence-corrected chi connectivity index (χ4v) is 2.38. The van der Waals surface area contributed by atoms with E-state index in [9.17, 15) is 9.59 Å². The van der Waals surface area contributed by atoms with Crippen molar-refractivity contribution in [3.8, 4) is 5.75 Å². The van der Waals surface area contributed by atoms with E-state index < -0.39 is 17.4 Å². The van der Waals surface area contributed by atoms with Gasteiger partial charge in [0.15, 0.2) is 5.76 Å². The van der Waals surface area contributed by atoms with Crippen LogP contribution < -0.4 is 15.4 Å². The van der Waals surface area contributed by atoms with Crippen molar-refractivity contribution in [1.82, 2.24) is 5.16 Å². The highest BCUT2D eigenvalue weighted by Gasteiger charge is 2.47. The average molecular weight is 315 g/mol. The van der Waals surface area contributed by atoms with Gasteiger partial charge >= 0.3 is 0 Å². The van der Waals surface area contributed by atoms with Crippen LogP contribution in [0, 0.1) is 20.8 Å². The number of amides is 2. The second-order valence-electron chi connectivity index (χ2n) is 5.74. The lowest BCUT2D eigenvalue weighted by Crippen LogP contribution is -2.56. The predicted molar refractivity (Wildman–Crippen MR) is 83.4 cm³/mol. The molecule has 7 nitrogen and oxygen atoms in total. The number of fused-ring (bicyclic) bond motifs is 1. The normalized spacial score (nSPS) is 19.6. The fraction of sp³-hybridized carbons (Fsp3) is 0.312. The number of carbonyl (C=O) groups is 2. The first-order valence-electron chi connectivity index (χ1n) is 7.16. The largest absolute Gasteiger partial charge is 0.466 e. The van der Waals surface area contributed by atoms with Crippen LogP contribution in [0.3, 0.4) is 0 Å². The summed E-state index contributed by atoms with van der Waals surface area (Å²) in [5, 5.41) is 9.15. The molecule has 7 heteroatoms. The zero-order valence-electron chi connectivity index (χ0n) is 13.3. The number of rotatable bonds is 2. The third-order valence-electron chi connectivity index (χ3n) is 3.84. The molecule has 0 bridgehead atoms. The number of hydrogen-bond donors (Lipinski definition) is 2. The molecule has 1 aliphatic heterocycles. The topological polar surface area (TPSA) is 93.5 Å². The maximum Gasteiger partial charge on any atom is 0.278 e. The number of anilines is 2. The number of carbonyl (C=O) groups excluding carboxylic acids is 2. The Balaban J connectivity index is 1.90. The first kappa shape index (κ1) is 15.1. The smallest absolute Gasteiger partial charge is 0.278 e. The van der Waals surface area contributed by atoms with Crippen molar-refractivity contribution in [3.05, 3.63) is 35.2 Å². The van der Waals surface area contributed by atoms with Gasteiger partial charge in [-0.2, -0.15) is 0 Å². The van der Waals surface area contributed by atoms with Crippen molar-refractivity contribution in [2.45, 2.75) is 33.3 Å². The highest BCUT2D eigenvalue weighted by atomic mass is 16.5. The molecule has 0 fully saturated rings. The first-order valence-corrected chi connectivity index (χ1v) is 7.16. The molecule has 1 unspecified atom stereocenters. The van der Waals surface area contributed by atoms with Crippen molar-refractivity contribution in [2.75, 3.05) is 10.6 Å². The summed E-state index contributed by atoms with van der Waals surface area (Å²) in [6.07, 6.45) is 0. The van der Waals surface area contributed by atoms with Gasteiger partial charge in [0, 0.05) is 0 Å². The number of aryl methyl sites for hydroxylation is 3. The molecular weight excluding hydrogens is 298 g/mol. The van der Waals surface area contributed by atoms with E-state index in [2.05, 4.69) is 15.8 Å². The summed E-state index contributed by atoms with van der Waals surface area (Å²) in [4.78, 5) is 25.0. The van der Waals surface area contributed by atoms with Crippen LogP contribution in [0.2, 0.25) is 0 Å². The maximum absolute atomic E-state index is 12.6. The van der Waals surface area contributed by atoms with E-state index >= 15 is 0 Å². The highest BCUT2D eigenvalue weighted by Crippen LogP contribution is 2.35. The van der Waals surface area contributed by atoms with Crippen molar-refractivity contribution in [3.63, 3.8) is 0 Å².